The lowest BCUT2D eigenvalue weighted by atomic mass is 10.3. The van der Waals surface area contributed by atoms with E-state index in [4.69, 9.17) is 33.0 Å². The molecule has 0 aliphatic carbocycles. The summed E-state index contributed by atoms with van der Waals surface area (Å²) in [6.07, 6.45) is 6.10. The first kappa shape index (κ1) is 8.75. The van der Waals surface area contributed by atoms with Crippen molar-refractivity contribution < 1.29 is 4.18 Å². The summed E-state index contributed by atoms with van der Waals surface area (Å²) in [7, 11) is 1.44. The molecule has 0 radical (unpaired) electrons. The van der Waals surface area contributed by atoms with Crippen LogP contribution in [0.25, 0.3) is 0 Å². The van der Waals surface area contributed by atoms with Crippen molar-refractivity contribution in [2.75, 3.05) is 6.61 Å². The highest BCUT2D eigenvalue weighted by Gasteiger charge is 2.18. The highest BCUT2D eigenvalue weighted by atomic mass is 33.5. The maximum Gasteiger partial charge on any atom is 0.0806 e. The molecule has 1 aliphatic rings. The first-order valence-electron chi connectivity index (χ1n) is 2.68. The van der Waals surface area contributed by atoms with E-state index in [1.807, 2.05) is 0 Å². The van der Waals surface area contributed by atoms with Crippen LogP contribution in [0.3, 0.4) is 0 Å². The van der Waals surface area contributed by atoms with Gasteiger partial charge in [-0.05, 0) is 39.6 Å². The molecule has 1 saturated heterocycles. The van der Waals surface area contributed by atoms with Crippen molar-refractivity contribution in [3.63, 3.8) is 0 Å². The second kappa shape index (κ2) is 3.37. The molecule has 1 nitrogen and oxygen atoms in total. The summed E-state index contributed by atoms with van der Waals surface area (Å²) in [6, 6.07) is 0. The predicted octanol–water partition coefficient (Wildman–Crippen LogP) is 1.05. The van der Waals surface area contributed by atoms with Gasteiger partial charge in [0.2, 0.25) is 0 Å². The van der Waals surface area contributed by atoms with Crippen LogP contribution in [-0.2, 0) is 33.0 Å². The van der Waals surface area contributed by atoms with Crippen molar-refractivity contribution in [1.82, 2.24) is 0 Å². The average Bonchev–Trinajstić information content (AvgIpc) is 1.86. The van der Waals surface area contributed by atoms with Crippen molar-refractivity contribution in [1.29, 1.82) is 0 Å². The normalized spacial score (nSPS) is 30.9. The van der Waals surface area contributed by atoms with Gasteiger partial charge >= 0.3 is 0 Å². The summed E-state index contributed by atoms with van der Waals surface area (Å²) in [6.45, 7) is -1.07. The Morgan fingerprint density at radius 1 is 1.70 bits per heavy atom. The summed E-state index contributed by atoms with van der Waals surface area (Å²) in [4.78, 5) is 0. The molecule has 1 heterocycles. The topological polar surface area (TPSA) is 9.23 Å². The second-order valence-electron chi connectivity index (χ2n) is 1.77. The maximum atomic E-state index is 5.22. The predicted molar refractivity (Wildman–Crippen MR) is 52.9 cm³/mol. The molecule has 0 amide bonds. The van der Waals surface area contributed by atoms with Crippen LogP contribution in [-0.4, -0.2) is 11.9 Å². The molecule has 1 atom stereocenters. The van der Waals surface area contributed by atoms with E-state index < -0.39 is 6.46 Å². The SMILES string of the molecule is C#CC1CCOS(=S)(=S)S1. The fraction of sp³-hybridized carbons (Fsp3) is 0.600. The van der Waals surface area contributed by atoms with Gasteiger partial charge < -0.3 is 4.18 Å². The van der Waals surface area contributed by atoms with Crippen LogP contribution < -0.4 is 0 Å². The van der Waals surface area contributed by atoms with E-state index in [1.54, 1.807) is 0 Å². The van der Waals surface area contributed by atoms with E-state index in [0.29, 0.717) is 6.61 Å². The molecular formula is C5H6OS4. The van der Waals surface area contributed by atoms with Gasteiger partial charge in [-0.1, -0.05) is 5.92 Å². The van der Waals surface area contributed by atoms with Crippen molar-refractivity contribution in [2.45, 2.75) is 11.7 Å². The van der Waals surface area contributed by atoms with Crippen LogP contribution in [0, 0.1) is 12.3 Å². The molecular weight excluding hydrogens is 204 g/mol. The van der Waals surface area contributed by atoms with Crippen molar-refractivity contribution in [2.24, 2.45) is 0 Å². The molecule has 0 saturated carbocycles. The van der Waals surface area contributed by atoms with Crippen molar-refractivity contribution in [3.8, 4) is 12.3 Å². The summed E-state index contributed by atoms with van der Waals surface area (Å²) in [5.41, 5.74) is 0. The largest absolute Gasteiger partial charge is 0.302 e. The Kier molecular flexibility index (Phi) is 2.95. The van der Waals surface area contributed by atoms with Gasteiger partial charge in [-0.3, -0.25) is 0 Å². The average molecular weight is 210 g/mol. The lowest BCUT2D eigenvalue weighted by molar-refractivity contribution is 0.365. The van der Waals surface area contributed by atoms with Crippen LogP contribution in [0.15, 0.2) is 0 Å². The minimum absolute atomic E-state index is 0.179. The highest BCUT2D eigenvalue weighted by Crippen LogP contribution is 2.28. The van der Waals surface area contributed by atoms with Gasteiger partial charge in [0, 0.05) is 0 Å². The Morgan fingerprint density at radius 2 is 2.40 bits per heavy atom. The minimum Gasteiger partial charge on any atom is -0.302 e. The van der Waals surface area contributed by atoms with Gasteiger partial charge in [0.05, 0.1) is 18.3 Å². The minimum atomic E-state index is -1.70. The monoisotopic (exact) mass is 210 g/mol. The molecule has 1 unspecified atom stereocenters. The standard InChI is InChI=1S/C5H6OS4/c1-2-5-3-4-6-10(7,8)9-5/h1,5H,3-4H2. The first-order valence-corrected chi connectivity index (χ1v) is 7.48. The molecule has 56 valence electrons. The molecule has 0 bridgehead atoms. The molecule has 0 N–H and O–H groups in total. The van der Waals surface area contributed by atoms with Crippen LogP contribution >= 0.6 is 10.8 Å². The molecule has 0 spiro atoms. The zero-order valence-corrected chi connectivity index (χ0v) is 8.38. The molecule has 10 heavy (non-hydrogen) atoms. The van der Waals surface area contributed by atoms with E-state index in [2.05, 4.69) is 5.92 Å². The fourth-order valence-corrected chi connectivity index (χ4v) is 5.27. The van der Waals surface area contributed by atoms with Crippen molar-refractivity contribution >= 4 is 39.6 Å². The van der Waals surface area contributed by atoms with Gasteiger partial charge in [0.15, 0.2) is 0 Å². The molecule has 0 aromatic rings. The van der Waals surface area contributed by atoms with E-state index in [0.717, 1.165) is 6.42 Å². The third-order valence-corrected chi connectivity index (χ3v) is 6.01. The van der Waals surface area contributed by atoms with E-state index in [1.165, 1.54) is 10.8 Å². The van der Waals surface area contributed by atoms with Crippen LogP contribution in [0.1, 0.15) is 6.42 Å². The molecule has 0 aromatic carbocycles. The lowest BCUT2D eigenvalue weighted by Gasteiger charge is -2.20. The van der Waals surface area contributed by atoms with Gasteiger partial charge in [-0.2, -0.15) is 0 Å². The van der Waals surface area contributed by atoms with E-state index in [-0.39, 0.29) is 5.25 Å². The van der Waals surface area contributed by atoms with Crippen LogP contribution in [0.4, 0.5) is 0 Å². The zero-order chi connectivity index (χ0) is 7.61. The number of rotatable bonds is 0. The number of hydrogen-bond donors (Lipinski definition) is 0. The lowest BCUT2D eigenvalue weighted by Crippen LogP contribution is -2.16. The Morgan fingerprint density at radius 3 is 2.80 bits per heavy atom. The summed E-state index contributed by atoms with van der Waals surface area (Å²) in [5.74, 6) is 2.63. The van der Waals surface area contributed by atoms with Gasteiger partial charge in [0.1, 0.15) is 0 Å². The molecule has 5 heteroatoms. The number of hydrogen-bond acceptors (Lipinski definition) is 4. The quantitative estimate of drug-likeness (QED) is 0.436. The Labute approximate surface area is 74.3 Å². The molecule has 1 fully saturated rings. The fourth-order valence-electron chi connectivity index (χ4n) is 0.586. The summed E-state index contributed by atoms with van der Waals surface area (Å²) in [5, 5.41) is 0.179. The molecule has 0 aromatic heterocycles. The van der Waals surface area contributed by atoms with Gasteiger partial charge in [-0.15, -0.1) is 6.42 Å². The van der Waals surface area contributed by atoms with Gasteiger partial charge in [0.25, 0.3) is 0 Å². The van der Waals surface area contributed by atoms with Crippen LogP contribution in [0.5, 0.6) is 0 Å². The van der Waals surface area contributed by atoms with E-state index >= 15 is 0 Å². The zero-order valence-electron chi connectivity index (χ0n) is 5.11. The van der Waals surface area contributed by atoms with Crippen molar-refractivity contribution in [3.05, 3.63) is 0 Å². The molecule has 1 rings (SSSR count). The molecule has 1 aliphatic heterocycles. The Balaban J connectivity index is 2.67. The number of terminal acetylenes is 1. The third-order valence-electron chi connectivity index (χ3n) is 1.03. The van der Waals surface area contributed by atoms with E-state index in [9.17, 15) is 0 Å². The van der Waals surface area contributed by atoms with Crippen LogP contribution in [0.2, 0.25) is 0 Å². The summed E-state index contributed by atoms with van der Waals surface area (Å²) >= 11 is 9.96. The Hall–Kier alpha value is 0.660. The first-order chi connectivity index (χ1) is 4.64. The second-order valence-corrected chi connectivity index (χ2v) is 10.3. The third kappa shape index (κ3) is 2.36. The summed E-state index contributed by atoms with van der Waals surface area (Å²) < 4.78 is 5.18. The maximum absolute atomic E-state index is 5.22. The van der Waals surface area contributed by atoms with Gasteiger partial charge in [-0.25, -0.2) is 0 Å². The Bertz CT molecular complexity index is 247. The smallest absolute Gasteiger partial charge is 0.0806 e. The highest BCUT2D eigenvalue weighted by molar-refractivity contribution is 8.96.